The lowest BCUT2D eigenvalue weighted by Crippen LogP contribution is -1.86. The zero-order valence-electron chi connectivity index (χ0n) is 7.66. The zero-order valence-corrected chi connectivity index (χ0v) is 7.66. The molecular weight excluding hydrogens is 160 g/mol. The molecular formula is C12H14O. The topological polar surface area (TPSA) is 20.2 Å². The minimum Gasteiger partial charge on any atom is -0.508 e. The Morgan fingerprint density at radius 2 is 1.85 bits per heavy atom. The lowest BCUT2D eigenvalue weighted by molar-refractivity contribution is 0.469. The third-order valence-corrected chi connectivity index (χ3v) is 1.89. The lowest BCUT2D eigenvalue weighted by atomic mass is 10.0. The Labute approximate surface area is 79.0 Å². The maximum absolute atomic E-state index is 9.46. The number of hydrogen-bond acceptors (Lipinski definition) is 1. The van der Waals surface area contributed by atoms with Crippen LogP contribution in [0.4, 0.5) is 0 Å². The number of rotatable bonds is 4. The first-order valence-corrected chi connectivity index (χ1v) is 4.30. The van der Waals surface area contributed by atoms with Crippen molar-refractivity contribution in [3.63, 3.8) is 0 Å². The highest BCUT2D eigenvalue weighted by Crippen LogP contribution is 2.19. The van der Waals surface area contributed by atoms with E-state index in [2.05, 4.69) is 13.2 Å². The molecule has 1 N–H and O–H groups in total. The van der Waals surface area contributed by atoms with Crippen LogP contribution < -0.4 is 0 Å². The zero-order chi connectivity index (χ0) is 9.68. The number of phenolic OH excluding ortho intramolecular Hbond substituents is 1. The number of hydrogen-bond donors (Lipinski definition) is 1. The first kappa shape index (κ1) is 9.59. The number of benzene rings is 1. The Morgan fingerprint density at radius 1 is 1.15 bits per heavy atom. The van der Waals surface area contributed by atoms with Crippen LogP contribution in [-0.4, -0.2) is 5.11 Å². The van der Waals surface area contributed by atoms with Gasteiger partial charge in [0.15, 0.2) is 0 Å². The fraction of sp³-hybridized carbons (Fsp3) is 0.167. The molecule has 0 aromatic heterocycles. The Bertz CT molecular complexity index is 313. The van der Waals surface area contributed by atoms with E-state index < -0.39 is 0 Å². The predicted octanol–water partition coefficient (Wildman–Crippen LogP) is 2.85. The second kappa shape index (κ2) is 4.51. The highest BCUT2D eigenvalue weighted by atomic mass is 16.3. The molecule has 13 heavy (non-hydrogen) atoms. The summed E-state index contributed by atoms with van der Waals surface area (Å²) in [6.07, 6.45) is 5.18. The molecule has 68 valence electrons. The number of aromatic hydroxyl groups is 1. The molecule has 0 radical (unpaired) electrons. The molecule has 0 spiro atoms. The quantitative estimate of drug-likeness (QED) is 0.696. The Kier molecular flexibility index (Phi) is 3.32. The van der Waals surface area contributed by atoms with Crippen LogP contribution in [0.5, 0.6) is 5.75 Å². The molecule has 1 rings (SSSR count). The molecule has 1 nitrogen and oxygen atoms in total. The van der Waals surface area contributed by atoms with Crippen LogP contribution in [0.25, 0.3) is 0 Å². The maximum Gasteiger partial charge on any atom is 0.119 e. The van der Waals surface area contributed by atoms with Crippen molar-refractivity contribution in [2.24, 2.45) is 0 Å². The Hall–Kier alpha value is -1.50. The largest absolute Gasteiger partial charge is 0.508 e. The highest BCUT2D eigenvalue weighted by molar-refractivity contribution is 5.37. The van der Waals surface area contributed by atoms with Gasteiger partial charge in [0, 0.05) is 0 Å². The highest BCUT2D eigenvalue weighted by Gasteiger charge is 1.99. The summed E-state index contributed by atoms with van der Waals surface area (Å²) in [5.41, 5.74) is 2.10. The van der Waals surface area contributed by atoms with E-state index in [1.54, 1.807) is 12.1 Å². The molecule has 0 aliphatic carbocycles. The summed E-state index contributed by atoms with van der Waals surface area (Å²) in [4.78, 5) is 0. The van der Waals surface area contributed by atoms with Crippen LogP contribution in [0.15, 0.2) is 43.5 Å². The van der Waals surface area contributed by atoms with Gasteiger partial charge >= 0.3 is 0 Å². The van der Waals surface area contributed by atoms with Crippen molar-refractivity contribution in [1.29, 1.82) is 0 Å². The van der Waals surface area contributed by atoms with E-state index in [1.165, 1.54) is 5.56 Å². The normalized spacial score (nSPS) is 9.54. The molecule has 0 saturated carbocycles. The third kappa shape index (κ3) is 2.48. The molecule has 1 aromatic carbocycles. The first-order valence-electron chi connectivity index (χ1n) is 4.30. The van der Waals surface area contributed by atoms with Crippen LogP contribution in [0.3, 0.4) is 0 Å². The molecule has 1 aromatic rings. The van der Waals surface area contributed by atoms with Crippen LogP contribution in [0, 0.1) is 0 Å². The van der Waals surface area contributed by atoms with Crippen LogP contribution in [0.1, 0.15) is 11.1 Å². The summed E-state index contributed by atoms with van der Waals surface area (Å²) < 4.78 is 0. The van der Waals surface area contributed by atoms with Gasteiger partial charge in [0.2, 0.25) is 0 Å². The summed E-state index contributed by atoms with van der Waals surface area (Å²) in [5.74, 6) is 0.340. The molecule has 0 aliphatic rings. The van der Waals surface area contributed by atoms with Gasteiger partial charge in [-0.3, -0.25) is 0 Å². The molecule has 0 saturated heterocycles. The fourth-order valence-corrected chi connectivity index (χ4v) is 1.25. The predicted molar refractivity (Wildman–Crippen MR) is 55.9 cm³/mol. The second-order valence-corrected chi connectivity index (χ2v) is 2.95. The van der Waals surface area contributed by atoms with Gasteiger partial charge in [-0.05, 0) is 30.0 Å². The van der Waals surface area contributed by atoms with E-state index >= 15 is 0 Å². The van der Waals surface area contributed by atoms with Crippen LogP contribution >= 0.6 is 0 Å². The van der Waals surface area contributed by atoms with E-state index in [0.29, 0.717) is 12.2 Å². The van der Waals surface area contributed by atoms with E-state index in [9.17, 15) is 5.11 Å². The monoisotopic (exact) mass is 174 g/mol. The van der Waals surface area contributed by atoms with Gasteiger partial charge < -0.3 is 5.11 Å². The van der Waals surface area contributed by atoms with Crippen molar-refractivity contribution in [2.45, 2.75) is 12.8 Å². The molecule has 0 amide bonds. The van der Waals surface area contributed by atoms with Crippen LogP contribution in [-0.2, 0) is 12.8 Å². The minimum atomic E-state index is 0.340. The molecule has 1 heteroatoms. The van der Waals surface area contributed by atoms with Crippen molar-refractivity contribution in [2.75, 3.05) is 0 Å². The molecule has 0 bridgehead atoms. The van der Waals surface area contributed by atoms with Crippen molar-refractivity contribution in [3.8, 4) is 5.75 Å². The summed E-state index contributed by atoms with van der Waals surface area (Å²) in [7, 11) is 0. The number of allylic oxidation sites excluding steroid dienone is 2. The summed E-state index contributed by atoms with van der Waals surface area (Å²) >= 11 is 0. The summed E-state index contributed by atoms with van der Waals surface area (Å²) in [6, 6.07) is 5.61. The average Bonchev–Trinajstić information content (AvgIpc) is 2.12. The number of phenols is 1. The molecule has 0 heterocycles. The first-order chi connectivity index (χ1) is 6.27. The molecule has 0 unspecified atom stereocenters. The average molecular weight is 174 g/mol. The molecule has 0 aliphatic heterocycles. The van der Waals surface area contributed by atoms with Gasteiger partial charge in [0.05, 0.1) is 0 Å². The van der Waals surface area contributed by atoms with Gasteiger partial charge in [-0.25, -0.2) is 0 Å². The standard InChI is InChI=1S/C12H14O/c1-3-5-10-7-8-12(13)11(9-10)6-4-2/h3-4,7-9,13H,1-2,5-6H2. The van der Waals surface area contributed by atoms with Crippen molar-refractivity contribution in [1.82, 2.24) is 0 Å². The minimum absolute atomic E-state index is 0.340. The van der Waals surface area contributed by atoms with Crippen molar-refractivity contribution >= 4 is 0 Å². The van der Waals surface area contributed by atoms with Gasteiger partial charge in [0.25, 0.3) is 0 Å². The third-order valence-electron chi connectivity index (χ3n) is 1.89. The maximum atomic E-state index is 9.46. The van der Waals surface area contributed by atoms with E-state index in [4.69, 9.17) is 0 Å². The summed E-state index contributed by atoms with van der Waals surface area (Å²) in [5, 5.41) is 9.46. The van der Waals surface area contributed by atoms with E-state index in [1.807, 2.05) is 18.2 Å². The molecule has 0 fully saturated rings. The van der Waals surface area contributed by atoms with Crippen molar-refractivity contribution in [3.05, 3.63) is 54.6 Å². The fourth-order valence-electron chi connectivity index (χ4n) is 1.25. The van der Waals surface area contributed by atoms with Crippen LogP contribution in [0.2, 0.25) is 0 Å². The van der Waals surface area contributed by atoms with Gasteiger partial charge in [-0.1, -0.05) is 24.3 Å². The van der Waals surface area contributed by atoms with Crippen molar-refractivity contribution < 1.29 is 5.11 Å². The second-order valence-electron chi connectivity index (χ2n) is 2.95. The Balaban J connectivity index is 2.95. The summed E-state index contributed by atoms with van der Waals surface area (Å²) in [6.45, 7) is 7.31. The lowest BCUT2D eigenvalue weighted by Gasteiger charge is -2.03. The van der Waals surface area contributed by atoms with E-state index in [0.717, 1.165) is 12.0 Å². The van der Waals surface area contributed by atoms with Gasteiger partial charge in [-0.15, -0.1) is 13.2 Å². The van der Waals surface area contributed by atoms with E-state index in [-0.39, 0.29) is 0 Å². The van der Waals surface area contributed by atoms with Gasteiger partial charge in [0.1, 0.15) is 5.75 Å². The smallest absolute Gasteiger partial charge is 0.119 e. The van der Waals surface area contributed by atoms with Gasteiger partial charge in [-0.2, -0.15) is 0 Å². The SMILES string of the molecule is C=CCc1ccc(O)c(CC=C)c1. The molecule has 0 atom stereocenters. The Morgan fingerprint density at radius 3 is 2.46 bits per heavy atom.